The monoisotopic (exact) mass is 625 g/mol. The Balaban J connectivity index is 1.24. The van der Waals surface area contributed by atoms with Gasteiger partial charge in [-0.1, -0.05) is 18.4 Å². The maximum atomic E-state index is 16.8. The van der Waals surface area contributed by atoms with Crippen LogP contribution in [0.1, 0.15) is 56.9 Å². The summed E-state index contributed by atoms with van der Waals surface area (Å²) in [5.41, 5.74) is 0.154. The molecule has 2 aliphatic carbocycles. The van der Waals surface area contributed by atoms with Crippen LogP contribution in [0.4, 0.5) is 14.6 Å². The van der Waals surface area contributed by atoms with E-state index in [0.29, 0.717) is 67.0 Å². The number of piperidine rings is 1. The van der Waals surface area contributed by atoms with Crippen molar-refractivity contribution >= 4 is 27.5 Å². The molecular formula is C36H37F2N5O3. The molecule has 2 aromatic carbocycles. The van der Waals surface area contributed by atoms with Gasteiger partial charge in [0.05, 0.1) is 24.2 Å². The Bertz CT molecular complexity index is 1870. The molecule has 0 bridgehead atoms. The van der Waals surface area contributed by atoms with E-state index < -0.39 is 11.6 Å². The number of halogens is 2. The van der Waals surface area contributed by atoms with Crippen LogP contribution in [0.2, 0.25) is 0 Å². The van der Waals surface area contributed by atoms with Gasteiger partial charge in [-0.2, -0.15) is 9.97 Å². The molecule has 4 aromatic rings. The summed E-state index contributed by atoms with van der Waals surface area (Å²) in [5.74, 6) is 1.50. The van der Waals surface area contributed by atoms with Crippen LogP contribution in [0.25, 0.3) is 32.9 Å². The topological polar surface area (TPSA) is 83.8 Å². The van der Waals surface area contributed by atoms with Crippen LogP contribution in [-0.4, -0.2) is 76.5 Å². The Morgan fingerprint density at radius 2 is 1.91 bits per heavy atom. The Morgan fingerprint density at radius 1 is 1.04 bits per heavy atom. The lowest BCUT2D eigenvalue weighted by Crippen LogP contribution is -2.52. The van der Waals surface area contributed by atoms with Gasteiger partial charge in [-0.25, -0.2) is 8.78 Å². The second kappa shape index (κ2) is 11.6. The van der Waals surface area contributed by atoms with Crippen molar-refractivity contribution in [2.45, 2.75) is 63.5 Å². The molecule has 238 valence electrons. The number of ether oxygens (including phenoxy) is 2. The fraction of sp³-hybridized carbons (Fsp3) is 0.472. The van der Waals surface area contributed by atoms with Crippen molar-refractivity contribution in [1.29, 1.82) is 0 Å². The van der Waals surface area contributed by atoms with Crippen LogP contribution < -0.4 is 9.64 Å². The predicted molar refractivity (Wildman–Crippen MR) is 172 cm³/mol. The van der Waals surface area contributed by atoms with Crippen molar-refractivity contribution in [3.63, 3.8) is 0 Å². The zero-order chi connectivity index (χ0) is 31.4. The fourth-order valence-corrected chi connectivity index (χ4v) is 8.22. The van der Waals surface area contributed by atoms with Crippen molar-refractivity contribution in [2.24, 2.45) is 5.41 Å². The van der Waals surface area contributed by atoms with E-state index in [1.807, 2.05) is 0 Å². The number of aromatic nitrogens is 3. The summed E-state index contributed by atoms with van der Waals surface area (Å²) >= 11 is 0. The highest BCUT2D eigenvalue weighted by molar-refractivity contribution is 6.03. The van der Waals surface area contributed by atoms with E-state index in [1.54, 1.807) is 6.20 Å². The van der Waals surface area contributed by atoms with Gasteiger partial charge in [0.15, 0.2) is 5.82 Å². The average molecular weight is 626 g/mol. The summed E-state index contributed by atoms with van der Waals surface area (Å²) in [6.07, 6.45) is 16.3. The number of pyridine rings is 1. The number of rotatable bonds is 6. The number of benzene rings is 2. The first-order valence-corrected chi connectivity index (χ1v) is 16.5. The maximum absolute atomic E-state index is 16.8. The molecule has 4 aliphatic rings. The number of hydrogen-bond donors (Lipinski definition) is 1. The molecule has 8 rings (SSSR count). The normalized spacial score (nSPS) is 23.8. The molecule has 4 fully saturated rings. The first kappa shape index (κ1) is 29.3. The van der Waals surface area contributed by atoms with Gasteiger partial charge in [0.1, 0.15) is 28.6 Å². The standard InChI is InChI=1S/C36H37F2N5O3/c1-2-25-28(37)10-7-22-18-24(44)19-26(30(22)25)32-31(38)33-27(20-39-32)34(42-13-5-16-45-17-15-42)41-35(40-33)46-21-36-11-3-6-29(36)43(14-4-12-36)23-8-9-23/h1,7,10,18-20,23,29,44H,3-6,8-9,11-17,21H2/t29-,36?/m1/s1. The largest absolute Gasteiger partial charge is 0.508 e. The summed E-state index contributed by atoms with van der Waals surface area (Å²) < 4.78 is 43.9. The van der Waals surface area contributed by atoms with E-state index in [1.165, 1.54) is 49.9 Å². The van der Waals surface area contributed by atoms with Crippen molar-refractivity contribution in [3.05, 3.63) is 47.7 Å². The van der Waals surface area contributed by atoms with E-state index in [9.17, 15) is 9.50 Å². The molecule has 0 amide bonds. The van der Waals surface area contributed by atoms with E-state index in [-0.39, 0.29) is 39.5 Å². The van der Waals surface area contributed by atoms with Gasteiger partial charge < -0.3 is 19.5 Å². The molecule has 2 saturated carbocycles. The molecule has 2 aromatic heterocycles. The number of aromatic hydroxyl groups is 1. The van der Waals surface area contributed by atoms with Gasteiger partial charge in [0.2, 0.25) is 0 Å². The summed E-state index contributed by atoms with van der Waals surface area (Å²) in [5, 5.41) is 11.8. The van der Waals surface area contributed by atoms with Crippen molar-refractivity contribution in [3.8, 4) is 35.4 Å². The fourth-order valence-electron chi connectivity index (χ4n) is 8.22. The summed E-state index contributed by atoms with van der Waals surface area (Å²) in [4.78, 5) is 18.8. The van der Waals surface area contributed by atoms with E-state index in [2.05, 4.69) is 25.7 Å². The third-order valence-corrected chi connectivity index (χ3v) is 10.5. The van der Waals surface area contributed by atoms with Crippen molar-refractivity contribution < 1.29 is 23.4 Å². The first-order chi connectivity index (χ1) is 22.5. The molecule has 1 unspecified atom stereocenters. The van der Waals surface area contributed by atoms with Gasteiger partial charge in [-0.15, -0.1) is 6.42 Å². The number of terminal acetylenes is 1. The number of hydrogen-bond acceptors (Lipinski definition) is 8. The zero-order valence-electron chi connectivity index (χ0n) is 25.8. The van der Waals surface area contributed by atoms with Crippen LogP contribution in [-0.2, 0) is 4.74 Å². The number of phenols is 1. The average Bonchev–Trinajstić information content (AvgIpc) is 3.87. The van der Waals surface area contributed by atoms with Gasteiger partial charge in [-0.05, 0) is 75.1 Å². The van der Waals surface area contributed by atoms with E-state index in [4.69, 9.17) is 20.9 Å². The first-order valence-electron chi connectivity index (χ1n) is 16.5. The van der Waals surface area contributed by atoms with Gasteiger partial charge in [0.25, 0.3) is 0 Å². The zero-order valence-corrected chi connectivity index (χ0v) is 25.8. The minimum Gasteiger partial charge on any atom is -0.508 e. The van der Waals surface area contributed by atoms with Crippen LogP contribution in [0.3, 0.4) is 0 Å². The Kier molecular flexibility index (Phi) is 7.41. The number of nitrogens with zero attached hydrogens (tertiary/aromatic N) is 5. The molecular weight excluding hydrogens is 588 g/mol. The third kappa shape index (κ3) is 5.01. The summed E-state index contributed by atoms with van der Waals surface area (Å²) in [6, 6.07) is 6.90. The quantitative estimate of drug-likeness (QED) is 0.253. The Morgan fingerprint density at radius 3 is 2.76 bits per heavy atom. The molecule has 10 heteroatoms. The van der Waals surface area contributed by atoms with Crippen molar-refractivity contribution in [2.75, 3.05) is 44.4 Å². The third-order valence-electron chi connectivity index (χ3n) is 10.5. The van der Waals surface area contributed by atoms with E-state index >= 15 is 4.39 Å². The number of likely N-dealkylation sites (tertiary alicyclic amines) is 1. The molecule has 0 radical (unpaired) electrons. The SMILES string of the molecule is C#Cc1c(F)ccc2cc(O)cc(-c3ncc4c(N5CCCOCC5)nc(OCC56CCC[C@H]5N(C5CC5)CCC6)nc4c3F)c12. The second-order valence-corrected chi connectivity index (χ2v) is 13.3. The Hall–Kier alpha value is -4.07. The lowest BCUT2D eigenvalue weighted by atomic mass is 9.75. The van der Waals surface area contributed by atoms with Crippen LogP contribution in [0.15, 0.2) is 30.5 Å². The van der Waals surface area contributed by atoms with Gasteiger partial charge in [0, 0.05) is 54.3 Å². The smallest absolute Gasteiger partial charge is 0.319 e. The molecule has 0 spiro atoms. The summed E-state index contributed by atoms with van der Waals surface area (Å²) in [7, 11) is 0. The molecule has 8 nitrogen and oxygen atoms in total. The van der Waals surface area contributed by atoms with Crippen molar-refractivity contribution in [1.82, 2.24) is 19.9 Å². The minimum absolute atomic E-state index is 0.0242. The Labute approximate surface area is 266 Å². The summed E-state index contributed by atoms with van der Waals surface area (Å²) in [6.45, 7) is 4.06. The van der Waals surface area contributed by atoms with Crippen LogP contribution in [0, 0.1) is 29.4 Å². The highest BCUT2D eigenvalue weighted by atomic mass is 19.1. The van der Waals surface area contributed by atoms with Gasteiger partial charge in [-0.3, -0.25) is 9.88 Å². The highest BCUT2D eigenvalue weighted by Crippen LogP contribution is 2.51. The lowest BCUT2D eigenvalue weighted by molar-refractivity contribution is -0.00466. The molecule has 2 saturated heterocycles. The minimum atomic E-state index is -0.717. The second-order valence-electron chi connectivity index (χ2n) is 13.3. The van der Waals surface area contributed by atoms with Crippen LogP contribution >= 0.6 is 0 Å². The molecule has 2 atom stereocenters. The number of phenolic OH excluding ortho intramolecular Hbond substituents is 1. The molecule has 4 heterocycles. The lowest BCUT2D eigenvalue weighted by Gasteiger charge is -2.46. The maximum Gasteiger partial charge on any atom is 0.319 e. The molecule has 1 N–H and O–H groups in total. The van der Waals surface area contributed by atoms with E-state index in [0.717, 1.165) is 32.2 Å². The highest BCUT2D eigenvalue weighted by Gasteiger charge is 2.51. The molecule has 46 heavy (non-hydrogen) atoms. The van der Waals surface area contributed by atoms with Gasteiger partial charge >= 0.3 is 6.01 Å². The number of fused-ring (bicyclic) bond motifs is 3. The predicted octanol–water partition coefficient (Wildman–Crippen LogP) is 6.21. The molecule has 2 aliphatic heterocycles. The van der Waals surface area contributed by atoms with Crippen LogP contribution in [0.5, 0.6) is 11.8 Å². The number of anilines is 1.